The van der Waals surface area contributed by atoms with Crippen molar-refractivity contribution in [3.63, 3.8) is 0 Å². The molecule has 274 valence electrons. The maximum absolute atomic E-state index is 13.7. The van der Waals surface area contributed by atoms with E-state index in [0.717, 1.165) is 28.0 Å². The highest BCUT2D eigenvalue weighted by Gasteiger charge is 2.37. The zero-order valence-electron chi connectivity index (χ0n) is 30.2. The number of aliphatic imine (C=N–C) groups is 1. The van der Waals surface area contributed by atoms with E-state index in [4.69, 9.17) is 34.4 Å². The van der Waals surface area contributed by atoms with Gasteiger partial charge in [0.1, 0.15) is 17.4 Å². The first kappa shape index (κ1) is 34.5. The molecule has 12 nitrogen and oxygen atoms in total. The molecule has 2 unspecified atom stereocenters. The summed E-state index contributed by atoms with van der Waals surface area (Å²) in [5.41, 5.74) is 12.8. The van der Waals surface area contributed by atoms with Crippen molar-refractivity contribution in [1.29, 1.82) is 0 Å². The van der Waals surface area contributed by atoms with E-state index < -0.39 is 0 Å². The van der Waals surface area contributed by atoms with Gasteiger partial charge in [0.15, 0.2) is 29.2 Å². The summed E-state index contributed by atoms with van der Waals surface area (Å²) in [5.74, 6) is 2.36. The number of carbonyl (C=O) groups is 2. The van der Waals surface area contributed by atoms with Crippen LogP contribution >= 0.6 is 0 Å². The van der Waals surface area contributed by atoms with Crippen LogP contribution in [-0.2, 0) is 0 Å². The lowest BCUT2D eigenvalue weighted by Crippen LogP contribution is -2.63. The number of rotatable bonds is 11. The molecule has 2 atom stereocenters. The van der Waals surface area contributed by atoms with Gasteiger partial charge in [0.05, 0.1) is 57.9 Å². The predicted molar refractivity (Wildman–Crippen MR) is 205 cm³/mol. The molecule has 0 spiro atoms. The molecular formula is C42H40N5O7+. The van der Waals surface area contributed by atoms with E-state index in [-0.39, 0.29) is 23.9 Å². The van der Waals surface area contributed by atoms with Crippen molar-refractivity contribution < 1.29 is 38.3 Å². The Kier molecular flexibility index (Phi) is 9.24. The van der Waals surface area contributed by atoms with Gasteiger partial charge in [-0.1, -0.05) is 24.3 Å². The molecule has 0 fully saturated rings. The lowest BCUT2D eigenvalue weighted by Gasteiger charge is -2.19. The van der Waals surface area contributed by atoms with Gasteiger partial charge in [-0.05, 0) is 52.6 Å². The van der Waals surface area contributed by atoms with Crippen LogP contribution in [0.5, 0.6) is 28.7 Å². The highest BCUT2D eigenvalue weighted by molar-refractivity contribution is 6.06. The molecule has 54 heavy (non-hydrogen) atoms. The molecule has 0 saturated carbocycles. The van der Waals surface area contributed by atoms with Crippen LogP contribution in [-0.4, -0.2) is 80.7 Å². The highest BCUT2D eigenvalue weighted by atomic mass is 16.5. The molecule has 4 aliphatic rings. The topological polar surface area (TPSA) is 139 Å². The van der Waals surface area contributed by atoms with Crippen LogP contribution in [0.15, 0.2) is 90.2 Å². The predicted octanol–water partition coefficient (Wildman–Crippen LogP) is 5.17. The van der Waals surface area contributed by atoms with Gasteiger partial charge in [0.2, 0.25) is 5.69 Å². The number of hydrogen-bond donors (Lipinski definition) is 2. The van der Waals surface area contributed by atoms with Crippen LogP contribution in [0.25, 0.3) is 11.1 Å². The molecule has 0 aromatic heterocycles. The monoisotopic (exact) mass is 726 g/mol. The Hall–Kier alpha value is -6.56. The van der Waals surface area contributed by atoms with Crippen molar-refractivity contribution in [2.24, 2.45) is 4.99 Å². The number of methoxy groups -OCH3 is 3. The third kappa shape index (κ3) is 6.51. The number of benzene rings is 4. The Balaban J connectivity index is 0.909. The molecule has 0 aliphatic carbocycles. The molecule has 4 aromatic rings. The first-order valence-corrected chi connectivity index (χ1v) is 17.7. The summed E-state index contributed by atoms with van der Waals surface area (Å²) in [6.07, 6.45) is 9.41. The number of hydrogen-bond acceptors (Lipinski definition) is 9. The molecule has 12 heteroatoms. The van der Waals surface area contributed by atoms with Crippen LogP contribution in [0, 0.1) is 0 Å². The summed E-state index contributed by atoms with van der Waals surface area (Å²) >= 11 is 0. The number of ether oxygens (including phenoxy) is 5. The minimum atomic E-state index is -0.201. The Bertz CT molecular complexity index is 2240. The standard InChI is InChI=1S/C42H39N5O7/c1-50-32-11-7-26(8-12-32)28-16-31-22-45-36-20-40(38(52-3)18-34(36)42(49)47(31)24-28)54-14-4-13-53-39-19-35-33(17-37(39)51-2)41(48)46-23-27(15-30(46)21-44-35)25-5-9-29(43)10-6-25/h5-12,17-24,30-31H,4,13-16,43H2,1-3H3/p+1. The number of fused-ring (bicyclic) bond motifs is 4. The fourth-order valence-electron chi connectivity index (χ4n) is 7.13. The van der Waals surface area contributed by atoms with Gasteiger partial charge in [-0.2, -0.15) is 0 Å². The maximum atomic E-state index is 13.7. The zero-order chi connectivity index (χ0) is 37.3. The van der Waals surface area contributed by atoms with Crippen LogP contribution in [0.1, 0.15) is 51.1 Å². The van der Waals surface area contributed by atoms with E-state index in [2.05, 4.69) is 4.99 Å². The number of anilines is 1. The van der Waals surface area contributed by atoms with Gasteiger partial charge in [0.25, 0.3) is 11.8 Å². The maximum Gasteiger partial charge on any atom is 0.265 e. The third-order valence-electron chi connectivity index (χ3n) is 10.0. The van der Waals surface area contributed by atoms with Crippen LogP contribution in [0.3, 0.4) is 0 Å². The van der Waals surface area contributed by atoms with Gasteiger partial charge < -0.3 is 39.2 Å². The van der Waals surface area contributed by atoms with Crippen molar-refractivity contribution in [3.8, 4) is 28.7 Å². The summed E-state index contributed by atoms with van der Waals surface area (Å²) in [4.78, 5) is 39.0. The molecule has 2 amide bonds. The normalized spacial score (nSPS) is 18.1. The average molecular weight is 727 g/mol. The number of carbonyl (C=O) groups excluding carboxylic acids is 2. The lowest BCUT2D eigenvalue weighted by molar-refractivity contribution is -0.349. The number of amides is 2. The molecule has 3 N–H and O–H groups in total. The largest absolute Gasteiger partial charge is 0.497 e. The van der Waals surface area contributed by atoms with E-state index in [9.17, 15) is 9.59 Å². The number of nitrogens with two attached hydrogens (primary N) is 1. The average Bonchev–Trinajstić information content (AvgIpc) is 3.78. The van der Waals surface area contributed by atoms with Crippen molar-refractivity contribution >= 4 is 52.5 Å². The Morgan fingerprint density at radius 2 is 1.28 bits per heavy atom. The van der Waals surface area contributed by atoms with E-state index in [1.165, 1.54) is 0 Å². The summed E-state index contributed by atoms with van der Waals surface area (Å²) in [5, 5.41) is 0. The molecule has 4 heterocycles. The molecule has 0 bridgehead atoms. The van der Waals surface area contributed by atoms with Crippen LogP contribution in [0.2, 0.25) is 0 Å². The first-order valence-electron chi connectivity index (χ1n) is 17.7. The highest BCUT2D eigenvalue weighted by Crippen LogP contribution is 2.41. The molecule has 4 aliphatic heterocycles. The second-order valence-corrected chi connectivity index (χ2v) is 13.3. The quantitative estimate of drug-likeness (QED) is 0.160. The van der Waals surface area contributed by atoms with E-state index in [1.54, 1.807) is 55.4 Å². The first-order chi connectivity index (χ1) is 26.3. The minimum absolute atomic E-state index is 0.129. The van der Waals surface area contributed by atoms with Gasteiger partial charge >= 0.3 is 0 Å². The minimum Gasteiger partial charge on any atom is -0.497 e. The Labute approximate surface area is 312 Å². The molecule has 0 radical (unpaired) electrons. The van der Waals surface area contributed by atoms with Crippen molar-refractivity contribution in [1.82, 2.24) is 9.80 Å². The van der Waals surface area contributed by atoms with Crippen molar-refractivity contribution in [2.45, 2.75) is 31.3 Å². The summed E-state index contributed by atoms with van der Waals surface area (Å²) < 4.78 is 28.8. The molecular weight excluding hydrogens is 686 g/mol. The Morgan fingerprint density at radius 3 is 1.93 bits per heavy atom. The van der Waals surface area contributed by atoms with Gasteiger partial charge in [0, 0.05) is 55.7 Å². The number of nitrogen functional groups attached to an aromatic ring is 1. The van der Waals surface area contributed by atoms with Gasteiger partial charge in [-0.25, -0.2) is 4.99 Å². The summed E-state index contributed by atoms with van der Waals surface area (Å²) in [6, 6.07) is 22.1. The third-order valence-corrected chi connectivity index (χ3v) is 10.0. The van der Waals surface area contributed by atoms with Crippen molar-refractivity contribution in [3.05, 3.63) is 107 Å². The van der Waals surface area contributed by atoms with Crippen LogP contribution < -0.4 is 34.4 Å². The summed E-state index contributed by atoms with van der Waals surface area (Å²) in [6.45, 7) is 0.630. The summed E-state index contributed by atoms with van der Waals surface area (Å²) in [7, 11) is 4.73. The van der Waals surface area contributed by atoms with Gasteiger partial charge in [-0.15, -0.1) is 0 Å². The van der Waals surface area contributed by atoms with Crippen molar-refractivity contribution in [2.75, 3.05) is 40.3 Å². The second-order valence-electron chi connectivity index (χ2n) is 13.3. The van der Waals surface area contributed by atoms with Crippen LogP contribution in [0.4, 0.5) is 17.1 Å². The fourth-order valence-corrected chi connectivity index (χ4v) is 7.13. The van der Waals surface area contributed by atoms with E-state index in [1.807, 2.05) is 73.4 Å². The van der Waals surface area contributed by atoms with Gasteiger partial charge in [-0.3, -0.25) is 14.6 Å². The molecule has 8 rings (SSSR count). The number of nitrogens with one attached hydrogen (secondary N) is 1. The molecule has 4 aromatic carbocycles. The second kappa shape index (κ2) is 14.5. The lowest BCUT2D eigenvalue weighted by atomic mass is 10.0. The van der Waals surface area contributed by atoms with E-state index in [0.29, 0.717) is 83.7 Å². The smallest absolute Gasteiger partial charge is 0.265 e. The molecule has 0 saturated heterocycles. The fraction of sp³-hybridized carbons (Fsp3) is 0.238. The number of nitrogens with zero attached hydrogens (tertiary/aromatic N) is 3. The zero-order valence-corrected chi connectivity index (χ0v) is 30.2. The SMILES string of the molecule is COc1ccc(C2=CN3C(=O)c4cc(OC)c(OCCCOc5cc6c(cc5OC)C(=O)N5C=C(c7ccc(N)cc7)CC5C=[NH+]6)cc4N=CC3C2)cc1. The Morgan fingerprint density at radius 1 is 0.704 bits per heavy atom. The van der Waals surface area contributed by atoms with E-state index >= 15 is 0 Å².